The third-order valence-electron chi connectivity index (χ3n) is 10.5. The SMILES string of the molecule is CC/C=C\C(O)C/C=C/C=C\C/C=C\C/C=C\CCCC(=O)O[C@H](COC(=O)CCCCCCC/C=C\C/C=C\CCCCC)COP(=O)(O)OP(=O)(O)OC[C@H]1O[C@@H](n2ccc(N)nc2=O)[C@H](O)[C@@H]1O. The van der Waals surface area contributed by atoms with E-state index in [1.165, 1.54) is 25.3 Å². The third-order valence-corrected chi connectivity index (χ3v) is 13.1. The number of esters is 2. The molecule has 400 valence electrons. The molecule has 1 saturated heterocycles. The van der Waals surface area contributed by atoms with E-state index in [2.05, 4.69) is 40.5 Å². The number of phosphoric acid groups is 2. The molecule has 2 heterocycles. The first-order chi connectivity index (χ1) is 34.1. The summed E-state index contributed by atoms with van der Waals surface area (Å²) >= 11 is 0. The van der Waals surface area contributed by atoms with Gasteiger partial charge in [0, 0.05) is 19.0 Å². The van der Waals surface area contributed by atoms with Crippen LogP contribution >= 0.6 is 15.6 Å². The van der Waals surface area contributed by atoms with Gasteiger partial charge < -0.3 is 45.1 Å². The number of phosphoric ester groups is 2. The summed E-state index contributed by atoms with van der Waals surface area (Å²) in [6.45, 7) is 1.80. The van der Waals surface area contributed by atoms with Crippen molar-refractivity contribution in [2.75, 3.05) is 25.6 Å². The number of hydrogen-bond acceptors (Lipinski definition) is 16. The monoisotopic (exact) mass is 1040 g/mol. The van der Waals surface area contributed by atoms with Crippen molar-refractivity contribution in [3.63, 3.8) is 0 Å². The lowest BCUT2D eigenvalue weighted by Crippen LogP contribution is -2.36. The average molecular weight is 1040 g/mol. The summed E-state index contributed by atoms with van der Waals surface area (Å²) in [7, 11) is -10.9. The zero-order valence-corrected chi connectivity index (χ0v) is 43.1. The molecule has 0 aromatic carbocycles. The van der Waals surface area contributed by atoms with Gasteiger partial charge in [0.05, 0.1) is 19.3 Å². The number of hydrogen-bond donors (Lipinski definition) is 6. The average Bonchev–Trinajstić information content (AvgIpc) is 3.60. The van der Waals surface area contributed by atoms with Crippen LogP contribution in [0, 0.1) is 0 Å². The summed E-state index contributed by atoms with van der Waals surface area (Å²) in [6.07, 6.45) is 35.8. The van der Waals surface area contributed by atoms with Gasteiger partial charge in [0.25, 0.3) is 0 Å². The number of rotatable bonds is 39. The van der Waals surface area contributed by atoms with Crippen LogP contribution in [0.5, 0.6) is 0 Å². The van der Waals surface area contributed by atoms with Crippen molar-refractivity contribution in [1.82, 2.24) is 9.55 Å². The number of nitrogens with two attached hydrogens (primary N) is 1. The Labute approximate surface area is 419 Å². The summed E-state index contributed by atoms with van der Waals surface area (Å²) in [5.41, 5.74) is 4.57. The van der Waals surface area contributed by atoms with Gasteiger partial charge in [-0.3, -0.25) is 23.2 Å². The van der Waals surface area contributed by atoms with Crippen LogP contribution in [-0.4, -0.2) is 96.9 Å². The standard InChI is InChI=1S/C50H79N3O16P2/c1-3-5-7-8-9-10-11-12-13-14-18-21-24-27-30-34-45(55)64-38-42(67-46(56)35-31-28-25-22-19-16-15-17-20-23-26-29-33-41(54)32-6-4-2)39-65-70(60,61)69-71(62,63)66-40-43-47(57)48(58)49(68-43)53-37-36-44(51)52-50(53)59/h6,9-10,12-13,15-16,20,22-23,25-26,29,32,36-37,41-43,47-49,54,57-58H,3-5,7-8,11,14,17-19,21,24,27-28,30-31,33-35,38-40H2,1-2H3,(H,60,61)(H,62,63)(H2,51,52,59)/b10-9-,13-12-,16-15-,23-20-,25-22-,29-26+,32-6-/t41?,42-,43-,47-,48-,49-/m1/s1. The Morgan fingerprint density at radius 2 is 1.35 bits per heavy atom. The van der Waals surface area contributed by atoms with Gasteiger partial charge in [0.15, 0.2) is 12.3 Å². The molecular weight excluding hydrogens is 961 g/mol. The highest BCUT2D eigenvalue weighted by Gasteiger charge is 2.46. The molecular formula is C50H79N3O16P2. The summed E-state index contributed by atoms with van der Waals surface area (Å²) in [4.78, 5) is 61.8. The number of aliphatic hydroxyl groups is 3. The van der Waals surface area contributed by atoms with Crippen molar-refractivity contribution in [3.8, 4) is 0 Å². The Morgan fingerprint density at radius 1 is 0.761 bits per heavy atom. The predicted octanol–water partition coefficient (Wildman–Crippen LogP) is 8.86. The number of nitrogens with zero attached hydrogens (tertiary/aromatic N) is 2. The normalized spacial score (nSPS) is 20.3. The maximum atomic E-state index is 12.8. The molecule has 3 unspecified atom stereocenters. The summed E-state index contributed by atoms with van der Waals surface area (Å²) in [5, 5.41) is 30.7. The Bertz CT molecular complexity index is 2040. The molecule has 2 rings (SSSR count). The Hall–Kier alpha value is -4.10. The molecule has 0 bridgehead atoms. The Morgan fingerprint density at radius 3 is 2.03 bits per heavy atom. The fourth-order valence-electron chi connectivity index (χ4n) is 6.69. The number of anilines is 1. The van der Waals surface area contributed by atoms with Crippen molar-refractivity contribution in [3.05, 3.63) is 108 Å². The molecule has 7 N–H and O–H groups in total. The van der Waals surface area contributed by atoms with Crippen molar-refractivity contribution in [2.45, 2.75) is 173 Å². The largest absolute Gasteiger partial charge is 0.481 e. The lowest BCUT2D eigenvalue weighted by Gasteiger charge is -2.21. The van der Waals surface area contributed by atoms with Crippen molar-refractivity contribution in [1.29, 1.82) is 0 Å². The highest BCUT2D eigenvalue weighted by molar-refractivity contribution is 7.61. The van der Waals surface area contributed by atoms with E-state index in [0.29, 0.717) is 32.1 Å². The maximum absolute atomic E-state index is 12.8. The minimum atomic E-state index is -5.45. The van der Waals surface area contributed by atoms with Gasteiger partial charge in [0.2, 0.25) is 0 Å². The first-order valence-electron chi connectivity index (χ1n) is 24.7. The summed E-state index contributed by atoms with van der Waals surface area (Å²) in [6, 6.07) is 1.24. The number of allylic oxidation sites excluding steroid dienone is 12. The topological polar surface area (TPSA) is 286 Å². The maximum Gasteiger partial charge on any atom is 0.481 e. The fourth-order valence-corrected chi connectivity index (χ4v) is 8.80. The van der Waals surface area contributed by atoms with Crippen LogP contribution in [0.3, 0.4) is 0 Å². The van der Waals surface area contributed by atoms with Gasteiger partial charge in [0.1, 0.15) is 30.7 Å². The van der Waals surface area contributed by atoms with Crippen LogP contribution in [0.2, 0.25) is 0 Å². The van der Waals surface area contributed by atoms with E-state index < -0.39 is 89.8 Å². The minimum absolute atomic E-state index is 0.0537. The van der Waals surface area contributed by atoms with E-state index in [9.17, 15) is 48.6 Å². The zero-order valence-electron chi connectivity index (χ0n) is 41.4. The molecule has 8 atom stereocenters. The van der Waals surface area contributed by atoms with E-state index >= 15 is 0 Å². The smallest absolute Gasteiger partial charge is 0.462 e. The van der Waals surface area contributed by atoms with Crippen molar-refractivity contribution >= 4 is 33.4 Å². The zero-order chi connectivity index (χ0) is 52.2. The molecule has 1 aliphatic rings. The molecule has 71 heavy (non-hydrogen) atoms. The molecule has 0 aliphatic carbocycles. The second-order valence-corrected chi connectivity index (χ2v) is 19.8. The summed E-state index contributed by atoms with van der Waals surface area (Å²) in [5.74, 6) is -1.42. The second-order valence-electron chi connectivity index (χ2n) is 16.8. The molecule has 0 radical (unpaired) electrons. The first kappa shape index (κ1) is 63.0. The number of ether oxygens (including phenoxy) is 3. The molecule has 19 nitrogen and oxygen atoms in total. The van der Waals surface area contributed by atoms with Gasteiger partial charge in [-0.2, -0.15) is 9.29 Å². The van der Waals surface area contributed by atoms with E-state index in [1.807, 2.05) is 61.6 Å². The molecule has 0 spiro atoms. The van der Waals surface area contributed by atoms with Crippen LogP contribution in [0.25, 0.3) is 0 Å². The van der Waals surface area contributed by atoms with Crippen LogP contribution in [0.4, 0.5) is 5.82 Å². The van der Waals surface area contributed by atoms with Gasteiger partial charge >= 0.3 is 33.3 Å². The molecule has 1 aromatic rings. The lowest BCUT2D eigenvalue weighted by atomic mass is 10.1. The van der Waals surface area contributed by atoms with Crippen LogP contribution in [0.1, 0.15) is 142 Å². The quantitative estimate of drug-likeness (QED) is 0.0118. The minimum Gasteiger partial charge on any atom is -0.462 e. The van der Waals surface area contributed by atoms with Crippen LogP contribution < -0.4 is 11.4 Å². The van der Waals surface area contributed by atoms with Gasteiger partial charge in [-0.1, -0.05) is 131 Å². The predicted molar refractivity (Wildman–Crippen MR) is 271 cm³/mol. The molecule has 0 saturated carbocycles. The molecule has 21 heteroatoms. The third kappa shape index (κ3) is 30.5. The molecule has 1 aliphatic heterocycles. The van der Waals surface area contributed by atoms with E-state index in [4.69, 9.17) is 29.0 Å². The number of nitrogen functional groups attached to an aromatic ring is 1. The highest BCUT2D eigenvalue weighted by atomic mass is 31.3. The Balaban J connectivity index is 1.86. The van der Waals surface area contributed by atoms with Gasteiger partial charge in [-0.15, -0.1) is 0 Å². The molecule has 1 aromatic heterocycles. The lowest BCUT2D eigenvalue weighted by molar-refractivity contribution is -0.161. The van der Waals surface area contributed by atoms with Crippen molar-refractivity contribution < 1.29 is 71.4 Å². The molecule has 1 fully saturated rings. The summed E-state index contributed by atoms with van der Waals surface area (Å²) < 4.78 is 56.6. The number of carbonyl (C=O) groups is 2. The second kappa shape index (κ2) is 37.6. The molecule has 0 amide bonds. The van der Waals surface area contributed by atoms with Gasteiger partial charge in [-0.25, -0.2) is 13.9 Å². The van der Waals surface area contributed by atoms with E-state index in [1.54, 1.807) is 6.08 Å². The Kier molecular flexibility index (Phi) is 33.4. The highest BCUT2D eigenvalue weighted by Crippen LogP contribution is 2.60. The van der Waals surface area contributed by atoms with Crippen LogP contribution in [-0.2, 0) is 46.3 Å². The number of carbonyl (C=O) groups excluding carboxylic acids is 2. The number of aromatic nitrogens is 2. The fraction of sp³-hybridized carbons (Fsp3) is 0.600. The first-order valence-corrected chi connectivity index (χ1v) is 27.7. The van der Waals surface area contributed by atoms with E-state index in [0.717, 1.165) is 68.6 Å². The van der Waals surface area contributed by atoms with Crippen LogP contribution in [0.15, 0.2) is 102 Å². The van der Waals surface area contributed by atoms with Crippen molar-refractivity contribution in [2.24, 2.45) is 0 Å². The number of aliphatic hydroxyl groups excluding tert-OH is 3. The van der Waals surface area contributed by atoms with E-state index in [-0.39, 0.29) is 18.7 Å². The number of unbranched alkanes of at least 4 members (excludes halogenated alkanes) is 9. The van der Waals surface area contributed by atoms with Gasteiger partial charge in [-0.05, 0) is 83.1 Å².